The van der Waals surface area contributed by atoms with Crippen molar-refractivity contribution in [1.29, 1.82) is 0 Å². The van der Waals surface area contributed by atoms with Gasteiger partial charge in [0.15, 0.2) is 0 Å². The Kier molecular flexibility index (Phi) is 8.84. The van der Waals surface area contributed by atoms with E-state index < -0.39 is 10.0 Å². The summed E-state index contributed by atoms with van der Waals surface area (Å²) < 4.78 is 37.6. The Hall–Kier alpha value is -2.01. The topological polar surface area (TPSA) is 109 Å². The molecule has 1 aromatic rings. The van der Waals surface area contributed by atoms with Crippen molar-refractivity contribution in [3.05, 3.63) is 24.3 Å². The first-order valence-electron chi connectivity index (χ1n) is 9.11. The standard InChI is InChI=1S/C18H28N4O5S/c1-26-11-9-22(10-12-27-2)14-18(23)20-15-5-3-6-16(13-15)28(24,25)21-17-7-4-8-19-17/h3,5-6,13H,4,7-12,14H2,1-2H3,(H,19,21)(H,20,23). The Bertz CT molecular complexity index is 774. The van der Waals surface area contributed by atoms with E-state index in [9.17, 15) is 13.2 Å². The summed E-state index contributed by atoms with van der Waals surface area (Å²) in [5.74, 6) is 0.233. The van der Waals surface area contributed by atoms with Crippen molar-refractivity contribution in [3.8, 4) is 0 Å². The summed E-state index contributed by atoms with van der Waals surface area (Å²) in [6, 6.07) is 6.16. The van der Waals surface area contributed by atoms with Gasteiger partial charge in [-0.15, -0.1) is 0 Å². The van der Waals surface area contributed by atoms with Gasteiger partial charge in [-0.25, -0.2) is 8.42 Å². The fourth-order valence-corrected chi connectivity index (χ4v) is 3.83. The van der Waals surface area contributed by atoms with Crippen molar-refractivity contribution in [3.63, 3.8) is 0 Å². The molecule has 28 heavy (non-hydrogen) atoms. The van der Waals surface area contributed by atoms with E-state index in [4.69, 9.17) is 9.47 Å². The first kappa shape index (κ1) is 22.3. The highest BCUT2D eigenvalue weighted by molar-refractivity contribution is 7.90. The maximum absolute atomic E-state index is 12.5. The number of methoxy groups -OCH3 is 2. The zero-order valence-corrected chi connectivity index (χ0v) is 17.1. The van der Waals surface area contributed by atoms with Crippen LogP contribution in [0.5, 0.6) is 0 Å². The van der Waals surface area contributed by atoms with Crippen LogP contribution in [0.25, 0.3) is 0 Å². The Labute approximate surface area is 166 Å². The van der Waals surface area contributed by atoms with Crippen LogP contribution in [0.2, 0.25) is 0 Å². The van der Waals surface area contributed by atoms with Gasteiger partial charge in [-0.05, 0) is 24.6 Å². The summed E-state index contributed by atoms with van der Waals surface area (Å²) >= 11 is 0. The van der Waals surface area contributed by atoms with Crippen LogP contribution >= 0.6 is 0 Å². The van der Waals surface area contributed by atoms with Crippen molar-refractivity contribution < 1.29 is 22.7 Å². The second-order valence-corrected chi connectivity index (χ2v) is 8.06. The number of hydrogen-bond donors (Lipinski definition) is 2. The van der Waals surface area contributed by atoms with E-state index in [2.05, 4.69) is 15.0 Å². The van der Waals surface area contributed by atoms with Gasteiger partial charge in [-0.2, -0.15) is 0 Å². The number of rotatable bonds is 11. The highest BCUT2D eigenvalue weighted by Gasteiger charge is 2.19. The second kappa shape index (κ2) is 11.1. The van der Waals surface area contributed by atoms with Gasteiger partial charge in [-0.3, -0.25) is 19.4 Å². The van der Waals surface area contributed by atoms with Crippen molar-refractivity contribution >= 4 is 27.5 Å². The number of ether oxygens (including phenoxy) is 2. The molecule has 1 aliphatic heterocycles. The molecule has 2 N–H and O–H groups in total. The van der Waals surface area contributed by atoms with Crippen molar-refractivity contribution in [2.45, 2.75) is 17.7 Å². The lowest BCUT2D eigenvalue weighted by atomic mass is 10.3. The number of hydrogen-bond acceptors (Lipinski definition) is 7. The van der Waals surface area contributed by atoms with E-state index in [0.717, 1.165) is 6.42 Å². The van der Waals surface area contributed by atoms with Gasteiger partial charge < -0.3 is 14.8 Å². The van der Waals surface area contributed by atoms with Gasteiger partial charge in [0.25, 0.3) is 10.0 Å². The first-order chi connectivity index (χ1) is 13.4. The summed E-state index contributed by atoms with van der Waals surface area (Å²) in [5.41, 5.74) is 0.416. The summed E-state index contributed by atoms with van der Waals surface area (Å²) in [7, 11) is -0.519. The lowest BCUT2D eigenvalue weighted by Crippen LogP contribution is -2.37. The third-order valence-electron chi connectivity index (χ3n) is 4.15. The zero-order chi connectivity index (χ0) is 20.4. The molecule has 0 aliphatic carbocycles. The summed E-state index contributed by atoms with van der Waals surface area (Å²) in [5, 5.41) is 2.75. The third kappa shape index (κ3) is 7.19. The molecule has 0 atom stereocenters. The minimum absolute atomic E-state index is 0.0792. The number of carbonyl (C=O) groups is 1. The molecule has 0 bridgehead atoms. The molecule has 1 heterocycles. The largest absolute Gasteiger partial charge is 0.383 e. The molecule has 0 aromatic heterocycles. The molecule has 0 spiro atoms. The van der Waals surface area contributed by atoms with Crippen molar-refractivity contribution in [1.82, 2.24) is 9.62 Å². The van der Waals surface area contributed by atoms with Crippen LogP contribution < -0.4 is 10.0 Å². The predicted octanol–water partition coefficient (Wildman–Crippen LogP) is 0.691. The molecular formula is C18H28N4O5S. The Morgan fingerprint density at radius 1 is 1.21 bits per heavy atom. The van der Waals surface area contributed by atoms with Gasteiger partial charge in [0.1, 0.15) is 5.84 Å². The monoisotopic (exact) mass is 412 g/mol. The second-order valence-electron chi connectivity index (χ2n) is 6.38. The van der Waals surface area contributed by atoms with Crippen LogP contribution in [-0.2, 0) is 24.3 Å². The van der Waals surface area contributed by atoms with E-state index >= 15 is 0 Å². The highest BCUT2D eigenvalue weighted by Crippen LogP contribution is 2.16. The fourth-order valence-electron chi connectivity index (χ4n) is 2.69. The zero-order valence-electron chi connectivity index (χ0n) is 16.3. The average molecular weight is 413 g/mol. The minimum atomic E-state index is -3.72. The number of nitrogens with zero attached hydrogens (tertiary/aromatic N) is 2. The Morgan fingerprint density at radius 2 is 1.93 bits per heavy atom. The number of aliphatic imine (C=N–C) groups is 1. The molecule has 156 valence electrons. The van der Waals surface area contributed by atoms with Crippen molar-refractivity contribution in [2.24, 2.45) is 4.99 Å². The molecular weight excluding hydrogens is 384 g/mol. The lowest BCUT2D eigenvalue weighted by molar-refractivity contribution is -0.117. The lowest BCUT2D eigenvalue weighted by Gasteiger charge is -2.21. The van der Waals surface area contributed by atoms with Crippen LogP contribution in [0.4, 0.5) is 5.69 Å². The SMILES string of the molecule is COCCN(CCOC)CC(=O)Nc1cccc(S(=O)(=O)NC2=NCCC2)c1. The molecule has 0 unspecified atom stereocenters. The van der Waals surface area contributed by atoms with E-state index in [1.165, 1.54) is 12.1 Å². The molecule has 0 saturated heterocycles. The van der Waals surface area contributed by atoms with E-state index in [1.807, 2.05) is 4.90 Å². The molecule has 1 aliphatic rings. The number of nitrogens with one attached hydrogen (secondary N) is 2. The molecule has 2 rings (SSSR count). The van der Waals surface area contributed by atoms with Crippen LogP contribution in [0.3, 0.4) is 0 Å². The van der Waals surface area contributed by atoms with Gasteiger partial charge in [0.2, 0.25) is 5.91 Å². The number of anilines is 1. The van der Waals surface area contributed by atoms with Crippen molar-refractivity contribution in [2.75, 3.05) is 58.9 Å². The molecule has 10 heteroatoms. The molecule has 0 fully saturated rings. The summed E-state index contributed by atoms with van der Waals surface area (Å²) in [6.07, 6.45) is 1.46. The fraction of sp³-hybridized carbons (Fsp3) is 0.556. The third-order valence-corrected chi connectivity index (χ3v) is 5.52. The van der Waals surface area contributed by atoms with Gasteiger partial charge >= 0.3 is 0 Å². The average Bonchev–Trinajstić information content (AvgIpc) is 3.16. The number of carbonyl (C=O) groups excluding carboxylic acids is 1. The predicted molar refractivity (Wildman–Crippen MR) is 107 cm³/mol. The summed E-state index contributed by atoms with van der Waals surface area (Å²) in [4.78, 5) is 18.5. The number of amides is 1. The van der Waals surface area contributed by atoms with E-state index in [-0.39, 0.29) is 17.3 Å². The van der Waals surface area contributed by atoms with Crippen LogP contribution in [0, 0.1) is 0 Å². The van der Waals surface area contributed by atoms with Gasteiger partial charge in [0.05, 0.1) is 24.7 Å². The van der Waals surface area contributed by atoms with Crippen LogP contribution in [-0.4, -0.2) is 78.7 Å². The van der Waals surface area contributed by atoms with Gasteiger partial charge in [-0.1, -0.05) is 6.07 Å². The molecule has 9 nitrogen and oxygen atoms in total. The van der Waals surface area contributed by atoms with E-state index in [0.29, 0.717) is 50.8 Å². The smallest absolute Gasteiger partial charge is 0.262 e. The highest BCUT2D eigenvalue weighted by atomic mass is 32.2. The number of sulfonamides is 1. The number of benzene rings is 1. The maximum atomic E-state index is 12.5. The molecule has 1 aromatic carbocycles. The maximum Gasteiger partial charge on any atom is 0.262 e. The Balaban J connectivity index is 1.99. The quantitative estimate of drug-likeness (QED) is 0.554. The Morgan fingerprint density at radius 3 is 2.54 bits per heavy atom. The normalized spacial score (nSPS) is 14.2. The number of amidine groups is 1. The summed E-state index contributed by atoms with van der Waals surface area (Å²) in [6.45, 7) is 2.97. The van der Waals surface area contributed by atoms with Gasteiger partial charge in [0, 0.05) is 46.0 Å². The molecule has 1 amide bonds. The molecule has 0 radical (unpaired) electrons. The van der Waals surface area contributed by atoms with E-state index in [1.54, 1.807) is 26.4 Å². The minimum Gasteiger partial charge on any atom is -0.383 e. The molecule has 0 saturated carbocycles. The van der Waals surface area contributed by atoms with Crippen LogP contribution in [0.15, 0.2) is 34.2 Å². The first-order valence-corrected chi connectivity index (χ1v) is 10.6. The van der Waals surface area contributed by atoms with Crippen LogP contribution in [0.1, 0.15) is 12.8 Å².